The summed E-state index contributed by atoms with van der Waals surface area (Å²) < 4.78 is 5.32. The predicted molar refractivity (Wildman–Crippen MR) is 105 cm³/mol. The number of carbonyl (C=O) groups is 1. The standard InChI is InChI=1S/C20H19ClN4O2/c1-27-18-5-3-2-4-15(18)11-23-19-13-22-17(12-24-19)20(26)25-10-14-6-8-16(21)9-7-14/h2-9,12-13H,10-11H2,1H3,(H,23,24)(H,25,26). The molecular formula is C20H19ClN4O2. The van der Waals surface area contributed by atoms with Crippen molar-refractivity contribution in [2.45, 2.75) is 13.1 Å². The van der Waals surface area contributed by atoms with Gasteiger partial charge in [0.25, 0.3) is 5.91 Å². The van der Waals surface area contributed by atoms with Crippen molar-refractivity contribution in [3.63, 3.8) is 0 Å². The lowest BCUT2D eigenvalue weighted by atomic mass is 10.2. The van der Waals surface area contributed by atoms with Gasteiger partial charge in [-0.1, -0.05) is 41.9 Å². The van der Waals surface area contributed by atoms with Gasteiger partial charge in [-0.05, 0) is 23.8 Å². The summed E-state index contributed by atoms with van der Waals surface area (Å²) >= 11 is 5.85. The molecule has 0 aliphatic carbocycles. The Balaban J connectivity index is 1.54. The van der Waals surface area contributed by atoms with Crippen LogP contribution in [-0.2, 0) is 13.1 Å². The van der Waals surface area contributed by atoms with Gasteiger partial charge >= 0.3 is 0 Å². The topological polar surface area (TPSA) is 76.1 Å². The second-order valence-electron chi connectivity index (χ2n) is 5.76. The van der Waals surface area contributed by atoms with Gasteiger partial charge in [0.1, 0.15) is 17.3 Å². The zero-order valence-electron chi connectivity index (χ0n) is 14.8. The zero-order chi connectivity index (χ0) is 19.1. The molecule has 0 aliphatic rings. The first-order valence-electron chi connectivity index (χ1n) is 8.36. The number of rotatable bonds is 7. The van der Waals surface area contributed by atoms with Crippen LogP contribution < -0.4 is 15.4 Å². The van der Waals surface area contributed by atoms with E-state index in [0.29, 0.717) is 23.9 Å². The molecule has 2 N–H and O–H groups in total. The monoisotopic (exact) mass is 382 g/mol. The third kappa shape index (κ3) is 5.18. The molecule has 2 aromatic carbocycles. The Morgan fingerprint density at radius 1 is 1.04 bits per heavy atom. The number of para-hydroxylation sites is 1. The maximum Gasteiger partial charge on any atom is 0.271 e. The van der Waals surface area contributed by atoms with Crippen LogP contribution in [0.15, 0.2) is 60.9 Å². The van der Waals surface area contributed by atoms with Crippen molar-refractivity contribution in [3.8, 4) is 5.75 Å². The van der Waals surface area contributed by atoms with Gasteiger partial charge in [0, 0.05) is 23.7 Å². The summed E-state index contributed by atoms with van der Waals surface area (Å²) in [5.41, 5.74) is 2.22. The maximum atomic E-state index is 12.2. The summed E-state index contributed by atoms with van der Waals surface area (Å²) in [7, 11) is 1.64. The molecule has 6 nitrogen and oxygen atoms in total. The number of benzene rings is 2. The second kappa shape index (κ2) is 9.00. The van der Waals surface area contributed by atoms with Crippen LogP contribution in [0, 0.1) is 0 Å². The van der Waals surface area contributed by atoms with Gasteiger partial charge in [-0.25, -0.2) is 9.97 Å². The summed E-state index contributed by atoms with van der Waals surface area (Å²) in [4.78, 5) is 20.6. The largest absolute Gasteiger partial charge is 0.496 e. The van der Waals surface area contributed by atoms with E-state index < -0.39 is 0 Å². The van der Waals surface area contributed by atoms with Crippen LogP contribution in [0.3, 0.4) is 0 Å². The summed E-state index contributed by atoms with van der Waals surface area (Å²) in [6.45, 7) is 0.937. The molecule has 1 aromatic heterocycles. The minimum Gasteiger partial charge on any atom is -0.496 e. The van der Waals surface area contributed by atoms with Crippen molar-refractivity contribution in [1.29, 1.82) is 0 Å². The van der Waals surface area contributed by atoms with E-state index in [4.69, 9.17) is 16.3 Å². The molecule has 0 spiro atoms. The van der Waals surface area contributed by atoms with E-state index >= 15 is 0 Å². The summed E-state index contributed by atoms with van der Waals surface area (Å²) in [6.07, 6.45) is 2.98. The van der Waals surface area contributed by atoms with Gasteiger partial charge in [0.2, 0.25) is 0 Å². The number of methoxy groups -OCH3 is 1. The second-order valence-corrected chi connectivity index (χ2v) is 6.20. The van der Waals surface area contributed by atoms with Gasteiger partial charge in [-0.2, -0.15) is 0 Å². The molecule has 0 saturated carbocycles. The van der Waals surface area contributed by atoms with Crippen molar-refractivity contribution in [3.05, 3.63) is 82.8 Å². The number of anilines is 1. The highest BCUT2D eigenvalue weighted by atomic mass is 35.5. The number of carbonyl (C=O) groups excluding carboxylic acids is 1. The van der Waals surface area contributed by atoms with E-state index in [9.17, 15) is 4.79 Å². The van der Waals surface area contributed by atoms with E-state index in [2.05, 4.69) is 20.6 Å². The molecule has 27 heavy (non-hydrogen) atoms. The Bertz CT molecular complexity index is 899. The molecule has 138 valence electrons. The van der Waals surface area contributed by atoms with Crippen molar-refractivity contribution in [1.82, 2.24) is 15.3 Å². The van der Waals surface area contributed by atoms with E-state index in [1.165, 1.54) is 12.4 Å². The lowest BCUT2D eigenvalue weighted by Crippen LogP contribution is -2.24. The minimum atomic E-state index is -0.284. The molecule has 3 aromatic rings. The third-order valence-electron chi connectivity index (χ3n) is 3.90. The maximum absolute atomic E-state index is 12.2. The molecule has 1 amide bonds. The van der Waals surface area contributed by atoms with Gasteiger partial charge < -0.3 is 15.4 Å². The average molecular weight is 383 g/mol. The van der Waals surface area contributed by atoms with Gasteiger partial charge in [-0.15, -0.1) is 0 Å². The summed E-state index contributed by atoms with van der Waals surface area (Å²) in [6, 6.07) is 15.0. The number of hydrogen-bond donors (Lipinski definition) is 2. The lowest BCUT2D eigenvalue weighted by molar-refractivity contribution is 0.0945. The normalized spacial score (nSPS) is 10.3. The fraction of sp³-hybridized carbons (Fsp3) is 0.150. The molecule has 0 atom stereocenters. The molecule has 0 fully saturated rings. The number of nitrogens with one attached hydrogen (secondary N) is 2. The molecule has 0 saturated heterocycles. The van der Waals surface area contributed by atoms with Gasteiger partial charge in [0.05, 0.1) is 19.5 Å². The smallest absolute Gasteiger partial charge is 0.271 e. The predicted octanol–water partition coefficient (Wildman–Crippen LogP) is 3.68. The van der Waals surface area contributed by atoms with Crippen LogP contribution in [0.25, 0.3) is 0 Å². The van der Waals surface area contributed by atoms with E-state index in [0.717, 1.165) is 16.9 Å². The van der Waals surface area contributed by atoms with Crippen LogP contribution in [0.2, 0.25) is 5.02 Å². The van der Waals surface area contributed by atoms with Crippen LogP contribution in [0.4, 0.5) is 5.82 Å². The molecule has 3 rings (SSSR count). The first-order chi connectivity index (χ1) is 13.2. The molecule has 0 unspecified atom stereocenters. The Hall–Kier alpha value is -3.12. The number of halogens is 1. The number of amides is 1. The highest BCUT2D eigenvalue weighted by molar-refractivity contribution is 6.30. The fourth-order valence-electron chi connectivity index (χ4n) is 2.45. The van der Waals surface area contributed by atoms with Crippen LogP contribution >= 0.6 is 11.6 Å². The molecule has 1 heterocycles. The molecule has 0 radical (unpaired) electrons. The highest BCUT2D eigenvalue weighted by Gasteiger charge is 2.08. The van der Waals surface area contributed by atoms with E-state index in [1.807, 2.05) is 36.4 Å². The van der Waals surface area contributed by atoms with Crippen molar-refractivity contribution in [2.75, 3.05) is 12.4 Å². The van der Waals surface area contributed by atoms with Crippen LogP contribution in [0.5, 0.6) is 5.75 Å². The number of ether oxygens (including phenoxy) is 1. The number of nitrogens with zero attached hydrogens (tertiary/aromatic N) is 2. The van der Waals surface area contributed by atoms with Crippen LogP contribution in [0.1, 0.15) is 21.6 Å². The van der Waals surface area contributed by atoms with Crippen molar-refractivity contribution < 1.29 is 9.53 Å². The first kappa shape index (κ1) is 18.7. The quantitative estimate of drug-likeness (QED) is 0.651. The number of aromatic nitrogens is 2. The third-order valence-corrected chi connectivity index (χ3v) is 4.16. The van der Waals surface area contributed by atoms with Crippen LogP contribution in [-0.4, -0.2) is 23.0 Å². The lowest BCUT2D eigenvalue weighted by Gasteiger charge is -2.10. The molecule has 0 bridgehead atoms. The van der Waals surface area contributed by atoms with Crippen molar-refractivity contribution in [2.24, 2.45) is 0 Å². The van der Waals surface area contributed by atoms with Gasteiger partial charge in [-0.3, -0.25) is 4.79 Å². The Kier molecular flexibility index (Phi) is 6.22. The molecular weight excluding hydrogens is 364 g/mol. The van der Waals surface area contributed by atoms with E-state index in [1.54, 1.807) is 19.2 Å². The summed E-state index contributed by atoms with van der Waals surface area (Å²) in [5.74, 6) is 1.10. The SMILES string of the molecule is COc1ccccc1CNc1cnc(C(=O)NCc2ccc(Cl)cc2)cn1. The zero-order valence-corrected chi connectivity index (χ0v) is 15.5. The number of hydrogen-bond acceptors (Lipinski definition) is 5. The summed E-state index contributed by atoms with van der Waals surface area (Å²) in [5, 5.41) is 6.63. The Morgan fingerprint density at radius 3 is 2.52 bits per heavy atom. The van der Waals surface area contributed by atoms with E-state index in [-0.39, 0.29) is 11.6 Å². The first-order valence-corrected chi connectivity index (χ1v) is 8.74. The minimum absolute atomic E-state index is 0.256. The molecule has 7 heteroatoms. The Morgan fingerprint density at radius 2 is 1.81 bits per heavy atom. The van der Waals surface area contributed by atoms with Gasteiger partial charge in [0.15, 0.2) is 0 Å². The fourth-order valence-corrected chi connectivity index (χ4v) is 2.57. The Labute approximate surface area is 162 Å². The molecule has 0 aliphatic heterocycles. The van der Waals surface area contributed by atoms with Crippen molar-refractivity contribution >= 4 is 23.3 Å². The average Bonchev–Trinajstić information content (AvgIpc) is 2.72. The highest BCUT2D eigenvalue weighted by Crippen LogP contribution is 2.18.